The third-order valence-corrected chi connectivity index (χ3v) is 5.69. The number of H-pyrrole nitrogens is 1. The minimum absolute atomic E-state index is 0.0738. The molecule has 0 unspecified atom stereocenters. The highest BCUT2D eigenvalue weighted by molar-refractivity contribution is 6.00. The number of fused-ring (bicyclic) bond motifs is 1. The Bertz CT molecular complexity index is 1250. The zero-order valence-electron chi connectivity index (χ0n) is 17.5. The van der Waals surface area contributed by atoms with E-state index in [1.807, 2.05) is 12.1 Å². The van der Waals surface area contributed by atoms with E-state index >= 15 is 0 Å². The molecular weight excluding hydrogens is 407 g/mol. The molecule has 1 aliphatic rings. The van der Waals surface area contributed by atoms with Gasteiger partial charge in [-0.3, -0.25) is 14.7 Å². The van der Waals surface area contributed by atoms with E-state index in [0.29, 0.717) is 23.5 Å². The molecule has 1 aliphatic heterocycles. The first-order valence-electron chi connectivity index (χ1n) is 10.7. The van der Waals surface area contributed by atoms with Crippen molar-refractivity contribution in [3.8, 4) is 22.4 Å². The van der Waals surface area contributed by atoms with Crippen LogP contribution in [-0.2, 0) is 4.79 Å². The Kier molecular flexibility index (Phi) is 5.60. The number of hydrogen-bond donors (Lipinski definition) is 2. The van der Waals surface area contributed by atoms with Gasteiger partial charge in [0, 0.05) is 29.7 Å². The smallest absolute Gasteiger partial charge is 0.239 e. The van der Waals surface area contributed by atoms with Crippen LogP contribution in [0.1, 0.15) is 19.3 Å². The quantitative estimate of drug-likeness (QED) is 0.494. The van der Waals surface area contributed by atoms with Crippen molar-refractivity contribution in [1.82, 2.24) is 24.8 Å². The zero-order valence-corrected chi connectivity index (χ0v) is 17.5. The fraction of sp³-hybridized carbons (Fsp3) is 0.250. The zero-order chi connectivity index (χ0) is 21.9. The molecule has 3 aromatic heterocycles. The highest BCUT2D eigenvalue weighted by Gasteiger charge is 2.18. The van der Waals surface area contributed by atoms with Crippen LogP contribution < -0.4 is 5.32 Å². The van der Waals surface area contributed by atoms with Crippen LogP contribution in [0.15, 0.2) is 55.0 Å². The molecule has 162 valence electrons. The molecule has 5 rings (SSSR count). The number of piperidine rings is 1. The highest BCUT2D eigenvalue weighted by Crippen LogP contribution is 2.37. The number of amides is 1. The molecule has 0 saturated carbocycles. The second kappa shape index (κ2) is 8.84. The Morgan fingerprint density at radius 3 is 2.56 bits per heavy atom. The number of nitrogens with zero attached hydrogens (tertiary/aromatic N) is 4. The van der Waals surface area contributed by atoms with E-state index < -0.39 is 0 Å². The number of aromatic nitrogens is 4. The average Bonchev–Trinajstić information content (AvgIpc) is 3.20. The number of benzene rings is 1. The van der Waals surface area contributed by atoms with Crippen molar-refractivity contribution in [2.45, 2.75) is 19.3 Å². The number of likely N-dealkylation sites (tertiary alicyclic amines) is 1. The first-order chi connectivity index (χ1) is 15.7. The van der Waals surface area contributed by atoms with Crippen LogP contribution in [0.5, 0.6) is 0 Å². The number of anilines is 1. The van der Waals surface area contributed by atoms with Crippen molar-refractivity contribution in [2.75, 3.05) is 25.0 Å². The number of carbonyl (C=O) groups excluding carboxylic acids is 1. The number of aromatic amines is 1. The van der Waals surface area contributed by atoms with E-state index in [2.05, 4.69) is 30.2 Å². The fourth-order valence-electron chi connectivity index (χ4n) is 4.18. The van der Waals surface area contributed by atoms with Crippen LogP contribution >= 0.6 is 0 Å². The normalized spacial score (nSPS) is 14.5. The van der Waals surface area contributed by atoms with E-state index in [9.17, 15) is 9.18 Å². The molecule has 0 bridgehead atoms. The van der Waals surface area contributed by atoms with E-state index in [4.69, 9.17) is 0 Å². The summed E-state index contributed by atoms with van der Waals surface area (Å²) in [6.07, 6.45) is 8.41. The molecule has 2 N–H and O–H groups in total. The first-order valence-corrected chi connectivity index (χ1v) is 10.7. The summed E-state index contributed by atoms with van der Waals surface area (Å²) in [6, 6.07) is 9.97. The van der Waals surface area contributed by atoms with Gasteiger partial charge in [-0.25, -0.2) is 14.4 Å². The second-order valence-electron chi connectivity index (χ2n) is 7.95. The van der Waals surface area contributed by atoms with Crippen LogP contribution in [-0.4, -0.2) is 50.4 Å². The van der Waals surface area contributed by atoms with Gasteiger partial charge in [-0.15, -0.1) is 0 Å². The number of carbonyl (C=O) groups is 1. The molecule has 1 saturated heterocycles. The SMILES string of the molecule is O=C(CN1CCCCC1)Nc1cc(-c2[nH]c3nccnc3c2-c2ccc(F)cc2)ccn1. The second-order valence-corrected chi connectivity index (χ2v) is 7.95. The van der Waals surface area contributed by atoms with Gasteiger partial charge in [0.2, 0.25) is 5.91 Å². The van der Waals surface area contributed by atoms with Crippen LogP contribution in [0.3, 0.4) is 0 Å². The summed E-state index contributed by atoms with van der Waals surface area (Å²) in [5, 5.41) is 2.91. The van der Waals surface area contributed by atoms with Crippen molar-refractivity contribution < 1.29 is 9.18 Å². The molecule has 0 spiro atoms. The molecule has 1 aromatic carbocycles. The monoisotopic (exact) mass is 430 g/mol. The largest absolute Gasteiger partial charge is 0.337 e. The lowest BCUT2D eigenvalue weighted by Gasteiger charge is -2.25. The van der Waals surface area contributed by atoms with Gasteiger partial charge in [0.25, 0.3) is 0 Å². The molecular formula is C24H23FN6O. The first kappa shape index (κ1) is 20.3. The molecule has 8 heteroatoms. The molecule has 32 heavy (non-hydrogen) atoms. The maximum Gasteiger partial charge on any atom is 0.239 e. The Hall–Kier alpha value is -3.65. The summed E-state index contributed by atoms with van der Waals surface area (Å²) in [5.74, 6) is 0.105. The minimum atomic E-state index is -0.302. The maximum absolute atomic E-state index is 13.5. The van der Waals surface area contributed by atoms with Crippen LogP contribution in [0.2, 0.25) is 0 Å². The van der Waals surface area contributed by atoms with Crippen molar-refractivity contribution >= 4 is 22.9 Å². The predicted molar refractivity (Wildman–Crippen MR) is 121 cm³/mol. The Morgan fingerprint density at radius 1 is 0.969 bits per heavy atom. The summed E-state index contributed by atoms with van der Waals surface area (Å²) in [4.78, 5) is 31.2. The van der Waals surface area contributed by atoms with Gasteiger partial charge in [0.1, 0.15) is 17.2 Å². The van der Waals surface area contributed by atoms with E-state index in [0.717, 1.165) is 48.3 Å². The Morgan fingerprint density at radius 2 is 1.75 bits per heavy atom. The van der Waals surface area contributed by atoms with Crippen LogP contribution in [0.25, 0.3) is 33.5 Å². The summed E-state index contributed by atoms with van der Waals surface area (Å²) in [6.45, 7) is 2.28. The van der Waals surface area contributed by atoms with Crippen molar-refractivity contribution in [3.05, 3.63) is 60.8 Å². The molecule has 4 aromatic rings. The average molecular weight is 430 g/mol. The molecule has 1 amide bonds. The molecule has 0 atom stereocenters. The summed E-state index contributed by atoms with van der Waals surface area (Å²) in [5.41, 5.74) is 4.58. The van der Waals surface area contributed by atoms with Crippen molar-refractivity contribution in [2.24, 2.45) is 0 Å². The number of halogens is 1. The van der Waals surface area contributed by atoms with Crippen LogP contribution in [0, 0.1) is 5.82 Å². The molecule has 0 aliphatic carbocycles. The Balaban J connectivity index is 1.47. The lowest BCUT2D eigenvalue weighted by Crippen LogP contribution is -2.36. The van der Waals surface area contributed by atoms with Gasteiger partial charge in [0.15, 0.2) is 5.65 Å². The number of hydrogen-bond acceptors (Lipinski definition) is 5. The van der Waals surface area contributed by atoms with Gasteiger partial charge in [0.05, 0.1) is 12.2 Å². The van der Waals surface area contributed by atoms with Gasteiger partial charge < -0.3 is 10.3 Å². The van der Waals surface area contributed by atoms with Gasteiger partial charge in [-0.1, -0.05) is 18.6 Å². The lowest BCUT2D eigenvalue weighted by molar-refractivity contribution is -0.117. The van der Waals surface area contributed by atoms with E-state index in [1.54, 1.807) is 30.7 Å². The Labute approximate surface area is 184 Å². The minimum Gasteiger partial charge on any atom is -0.337 e. The molecule has 7 nitrogen and oxygen atoms in total. The molecule has 1 fully saturated rings. The number of pyridine rings is 1. The molecule has 0 radical (unpaired) electrons. The predicted octanol–water partition coefficient (Wildman–Crippen LogP) is 4.25. The van der Waals surface area contributed by atoms with Crippen molar-refractivity contribution in [3.63, 3.8) is 0 Å². The van der Waals surface area contributed by atoms with Gasteiger partial charge in [-0.05, 0) is 55.8 Å². The fourth-order valence-corrected chi connectivity index (χ4v) is 4.18. The number of nitrogens with one attached hydrogen (secondary N) is 2. The molecule has 4 heterocycles. The third-order valence-electron chi connectivity index (χ3n) is 5.69. The van der Waals surface area contributed by atoms with Crippen LogP contribution in [0.4, 0.5) is 10.2 Å². The van der Waals surface area contributed by atoms with Crippen molar-refractivity contribution in [1.29, 1.82) is 0 Å². The maximum atomic E-state index is 13.5. The van der Waals surface area contributed by atoms with Gasteiger partial charge in [-0.2, -0.15) is 0 Å². The highest BCUT2D eigenvalue weighted by atomic mass is 19.1. The van der Waals surface area contributed by atoms with E-state index in [1.165, 1.54) is 18.6 Å². The van der Waals surface area contributed by atoms with Gasteiger partial charge >= 0.3 is 0 Å². The summed E-state index contributed by atoms with van der Waals surface area (Å²) < 4.78 is 13.5. The van der Waals surface area contributed by atoms with E-state index in [-0.39, 0.29) is 11.7 Å². The lowest BCUT2D eigenvalue weighted by atomic mass is 10.0. The standard InChI is InChI=1S/C24H23FN6O/c25-18-6-4-16(5-7-18)21-22(30-24-23(21)27-10-11-28-24)17-8-9-26-19(14-17)29-20(32)15-31-12-2-1-3-13-31/h4-11,14H,1-3,12-13,15H2,(H,28,30)(H,26,29,32). The summed E-state index contributed by atoms with van der Waals surface area (Å²) in [7, 11) is 0. The third kappa shape index (κ3) is 4.22. The summed E-state index contributed by atoms with van der Waals surface area (Å²) >= 11 is 0. The number of rotatable bonds is 5. The topological polar surface area (TPSA) is 86.8 Å².